The van der Waals surface area contributed by atoms with Crippen LogP contribution in [-0.4, -0.2) is 23.0 Å². The number of methoxy groups -OCH3 is 1. The Morgan fingerprint density at radius 1 is 1.36 bits per heavy atom. The molecular formula is C15H12N2O5. The number of esters is 1. The molecule has 22 heavy (non-hydrogen) atoms. The van der Waals surface area contributed by atoms with E-state index < -0.39 is 10.9 Å². The van der Waals surface area contributed by atoms with Gasteiger partial charge in [0.25, 0.3) is 0 Å². The standard InChI is InChI=1S/C15H12N2O5/c1-21-15(18)7-5-11-4-6-14(13(9-11)17(19)20)22-12-3-2-8-16-10-12/h2-10H,1H3/b7-5+. The van der Waals surface area contributed by atoms with Crippen molar-refractivity contribution in [3.63, 3.8) is 0 Å². The number of aromatic nitrogens is 1. The highest BCUT2D eigenvalue weighted by atomic mass is 16.6. The lowest BCUT2D eigenvalue weighted by Crippen LogP contribution is -1.95. The third kappa shape index (κ3) is 3.89. The predicted molar refractivity (Wildman–Crippen MR) is 78.5 cm³/mol. The van der Waals surface area contributed by atoms with Crippen LogP contribution in [0.3, 0.4) is 0 Å². The van der Waals surface area contributed by atoms with Gasteiger partial charge in [-0.25, -0.2) is 4.79 Å². The fourth-order valence-electron chi connectivity index (χ4n) is 1.63. The number of pyridine rings is 1. The molecule has 2 rings (SSSR count). The van der Waals surface area contributed by atoms with Crippen molar-refractivity contribution >= 4 is 17.7 Å². The van der Waals surface area contributed by atoms with Crippen molar-refractivity contribution in [1.82, 2.24) is 4.98 Å². The second-order valence-corrected chi connectivity index (χ2v) is 4.13. The van der Waals surface area contributed by atoms with Gasteiger partial charge in [-0.15, -0.1) is 0 Å². The predicted octanol–water partition coefficient (Wildman–Crippen LogP) is 2.97. The summed E-state index contributed by atoms with van der Waals surface area (Å²) >= 11 is 0. The van der Waals surface area contributed by atoms with E-state index >= 15 is 0 Å². The second-order valence-electron chi connectivity index (χ2n) is 4.13. The summed E-state index contributed by atoms with van der Waals surface area (Å²) in [6.45, 7) is 0. The summed E-state index contributed by atoms with van der Waals surface area (Å²) in [4.78, 5) is 25.5. The Balaban J connectivity index is 2.30. The molecule has 0 bridgehead atoms. The van der Waals surface area contributed by atoms with E-state index in [0.29, 0.717) is 11.3 Å². The quantitative estimate of drug-likeness (QED) is 0.365. The van der Waals surface area contributed by atoms with Crippen LogP contribution in [-0.2, 0) is 9.53 Å². The highest BCUT2D eigenvalue weighted by Crippen LogP contribution is 2.32. The van der Waals surface area contributed by atoms with Gasteiger partial charge in [0.2, 0.25) is 5.75 Å². The summed E-state index contributed by atoms with van der Waals surface area (Å²) < 4.78 is 9.91. The molecule has 7 heteroatoms. The maximum atomic E-state index is 11.2. The van der Waals surface area contributed by atoms with Gasteiger partial charge in [0, 0.05) is 18.3 Å². The molecular weight excluding hydrogens is 288 g/mol. The number of hydrogen-bond acceptors (Lipinski definition) is 6. The highest BCUT2D eigenvalue weighted by molar-refractivity contribution is 5.87. The van der Waals surface area contributed by atoms with Gasteiger partial charge in [0.15, 0.2) is 0 Å². The Morgan fingerprint density at radius 3 is 2.82 bits per heavy atom. The third-order valence-electron chi connectivity index (χ3n) is 2.65. The summed E-state index contributed by atoms with van der Waals surface area (Å²) in [7, 11) is 1.25. The van der Waals surface area contributed by atoms with Crippen molar-refractivity contribution in [3.05, 3.63) is 64.5 Å². The van der Waals surface area contributed by atoms with E-state index in [1.54, 1.807) is 24.4 Å². The summed E-state index contributed by atoms with van der Waals surface area (Å²) in [6, 6.07) is 7.67. The van der Waals surface area contributed by atoms with E-state index in [0.717, 1.165) is 0 Å². The molecule has 0 amide bonds. The summed E-state index contributed by atoms with van der Waals surface area (Å²) in [6.07, 6.45) is 5.63. The summed E-state index contributed by atoms with van der Waals surface area (Å²) in [5.41, 5.74) is 0.270. The Labute approximate surface area is 126 Å². The van der Waals surface area contributed by atoms with Crippen LogP contribution in [0.15, 0.2) is 48.8 Å². The Kier molecular flexibility index (Phi) is 4.81. The molecule has 7 nitrogen and oxygen atoms in total. The number of benzene rings is 1. The smallest absolute Gasteiger partial charge is 0.330 e. The molecule has 2 aromatic rings. The largest absolute Gasteiger partial charge is 0.466 e. The van der Waals surface area contributed by atoms with Crippen LogP contribution in [0.5, 0.6) is 11.5 Å². The number of carbonyl (C=O) groups excluding carboxylic acids is 1. The average molecular weight is 300 g/mol. The molecule has 0 aliphatic carbocycles. The Morgan fingerprint density at radius 2 is 2.18 bits per heavy atom. The lowest BCUT2D eigenvalue weighted by Gasteiger charge is -2.06. The zero-order valence-electron chi connectivity index (χ0n) is 11.6. The second kappa shape index (κ2) is 6.98. The van der Waals surface area contributed by atoms with Gasteiger partial charge < -0.3 is 9.47 Å². The maximum Gasteiger partial charge on any atom is 0.330 e. The molecule has 0 N–H and O–H groups in total. The Bertz CT molecular complexity index is 713. The van der Waals surface area contributed by atoms with E-state index in [1.165, 1.54) is 37.6 Å². The minimum absolute atomic E-state index is 0.0909. The summed E-state index contributed by atoms with van der Waals surface area (Å²) in [5, 5.41) is 11.2. The Hall–Kier alpha value is -3.22. The van der Waals surface area contributed by atoms with Crippen molar-refractivity contribution in [1.29, 1.82) is 0 Å². The first-order chi connectivity index (χ1) is 10.6. The van der Waals surface area contributed by atoms with Crippen LogP contribution in [0.4, 0.5) is 5.69 Å². The molecule has 1 aromatic carbocycles. The van der Waals surface area contributed by atoms with Gasteiger partial charge in [-0.2, -0.15) is 0 Å². The van der Waals surface area contributed by atoms with E-state index in [4.69, 9.17) is 4.74 Å². The number of carbonyl (C=O) groups is 1. The van der Waals surface area contributed by atoms with E-state index in [2.05, 4.69) is 9.72 Å². The SMILES string of the molecule is COC(=O)/C=C/c1ccc(Oc2cccnc2)c([N+](=O)[O-])c1. The zero-order chi connectivity index (χ0) is 15.9. The van der Waals surface area contributed by atoms with E-state index in [1.807, 2.05) is 0 Å². The van der Waals surface area contributed by atoms with Gasteiger partial charge in [0.05, 0.1) is 18.2 Å². The molecule has 1 heterocycles. The minimum Gasteiger partial charge on any atom is -0.466 e. The molecule has 0 spiro atoms. The van der Waals surface area contributed by atoms with E-state index in [9.17, 15) is 14.9 Å². The molecule has 0 saturated carbocycles. The third-order valence-corrected chi connectivity index (χ3v) is 2.65. The topological polar surface area (TPSA) is 91.6 Å². The lowest BCUT2D eigenvalue weighted by atomic mass is 10.1. The van der Waals surface area contributed by atoms with Gasteiger partial charge in [-0.1, -0.05) is 6.07 Å². The zero-order valence-corrected chi connectivity index (χ0v) is 11.6. The molecule has 0 unspecified atom stereocenters. The first-order valence-electron chi connectivity index (χ1n) is 6.22. The molecule has 0 fully saturated rings. The normalized spacial score (nSPS) is 10.4. The van der Waals surface area contributed by atoms with Crippen molar-refractivity contribution < 1.29 is 19.2 Å². The molecule has 0 saturated heterocycles. The maximum absolute atomic E-state index is 11.2. The first kappa shape index (κ1) is 15.2. The van der Waals surface area contributed by atoms with Gasteiger partial charge in [0.1, 0.15) is 5.75 Å². The molecule has 0 aliphatic heterocycles. The van der Waals surface area contributed by atoms with Crippen LogP contribution in [0.1, 0.15) is 5.56 Å². The van der Waals surface area contributed by atoms with E-state index in [-0.39, 0.29) is 11.4 Å². The lowest BCUT2D eigenvalue weighted by molar-refractivity contribution is -0.385. The van der Waals surface area contributed by atoms with Gasteiger partial charge >= 0.3 is 11.7 Å². The van der Waals surface area contributed by atoms with Gasteiger partial charge in [-0.05, 0) is 29.8 Å². The fourth-order valence-corrected chi connectivity index (χ4v) is 1.63. The number of rotatable bonds is 5. The fraction of sp³-hybridized carbons (Fsp3) is 0.0667. The number of hydrogen-bond donors (Lipinski definition) is 0. The molecule has 112 valence electrons. The van der Waals surface area contributed by atoms with Crippen LogP contribution >= 0.6 is 0 Å². The number of nitro benzene ring substituents is 1. The summed E-state index contributed by atoms with van der Waals surface area (Å²) in [5.74, 6) is -0.0602. The van der Waals surface area contributed by atoms with Crippen LogP contribution in [0.25, 0.3) is 6.08 Å². The minimum atomic E-state index is -0.554. The first-order valence-corrected chi connectivity index (χ1v) is 6.22. The highest BCUT2D eigenvalue weighted by Gasteiger charge is 2.16. The number of nitrogens with zero attached hydrogens (tertiary/aromatic N) is 2. The van der Waals surface area contributed by atoms with Crippen molar-refractivity contribution in [2.45, 2.75) is 0 Å². The molecule has 0 radical (unpaired) electrons. The number of ether oxygens (including phenoxy) is 2. The van der Waals surface area contributed by atoms with Crippen LogP contribution in [0.2, 0.25) is 0 Å². The van der Waals surface area contributed by atoms with Crippen molar-refractivity contribution in [2.75, 3.05) is 7.11 Å². The van der Waals surface area contributed by atoms with Gasteiger partial charge in [-0.3, -0.25) is 15.1 Å². The monoisotopic (exact) mass is 300 g/mol. The molecule has 0 atom stereocenters. The van der Waals surface area contributed by atoms with Crippen molar-refractivity contribution in [2.24, 2.45) is 0 Å². The average Bonchev–Trinajstić information content (AvgIpc) is 2.54. The van der Waals surface area contributed by atoms with Crippen LogP contribution < -0.4 is 4.74 Å². The number of nitro groups is 1. The van der Waals surface area contributed by atoms with Crippen LogP contribution in [0, 0.1) is 10.1 Å². The molecule has 0 aliphatic rings. The molecule has 1 aromatic heterocycles. The van der Waals surface area contributed by atoms with Crippen molar-refractivity contribution in [3.8, 4) is 11.5 Å².